The zero-order chi connectivity index (χ0) is 15.4. The molecule has 22 heavy (non-hydrogen) atoms. The molecule has 5 nitrogen and oxygen atoms in total. The molecule has 1 aliphatic rings. The lowest BCUT2D eigenvalue weighted by atomic mass is 10.2. The van der Waals surface area contributed by atoms with Crippen molar-refractivity contribution in [1.29, 1.82) is 0 Å². The molecule has 3 rings (SSSR count). The highest BCUT2D eigenvalue weighted by molar-refractivity contribution is 6.04. The van der Waals surface area contributed by atoms with Gasteiger partial charge in [-0.15, -0.1) is 0 Å². The maximum atomic E-state index is 12.2. The highest BCUT2D eigenvalue weighted by Gasteiger charge is 2.22. The Kier molecular flexibility index (Phi) is 4.34. The summed E-state index contributed by atoms with van der Waals surface area (Å²) >= 11 is 0. The Morgan fingerprint density at radius 3 is 2.77 bits per heavy atom. The fourth-order valence-corrected chi connectivity index (χ4v) is 2.62. The van der Waals surface area contributed by atoms with Gasteiger partial charge in [0.25, 0.3) is 5.91 Å². The molecule has 1 fully saturated rings. The van der Waals surface area contributed by atoms with E-state index in [0.717, 1.165) is 25.2 Å². The van der Waals surface area contributed by atoms with Crippen LogP contribution in [0.2, 0.25) is 0 Å². The summed E-state index contributed by atoms with van der Waals surface area (Å²) in [7, 11) is 1.75. The van der Waals surface area contributed by atoms with Crippen molar-refractivity contribution in [1.82, 2.24) is 4.98 Å². The fraction of sp³-hybridized carbons (Fsp3) is 0.294. The summed E-state index contributed by atoms with van der Waals surface area (Å²) in [5, 5.41) is 2.83. The predicted molar refractivity (Wildman–Crippen MR) is 86.3 cm³/mol. The van der Waals surface area contributed by atoms with Gasteiger partial charge in [0.05, 0.1) is 18.0 Å². The SMILES string of the molecule is CO[C@@H]1CCN(c2ccc(C(=O)Nc3cccnc3)cc2)C1. The summed E-state index contributed by atoms with van der Waals surface area (Å²) in [6.07, 6.45) is 4.64. The molecular weight excluding hydrogens is 278 g/mol. The molecule has 1 aromatic heterocycles. The number of methoxy groups -OCH3 is 1. The Morgan fingerprint density at radius 1 is 1.32 bits per heavy atom. The van der Waals surface area contributed by atoms with E-state index in [1.807, 2.05) is 30.3 Å². The maximum absolute atomic E-state index is 12.2. The molecule has 5 heteroatoms. The summed E-state index contributed by atoms with van der Waals surface area (Å²) in [6, 6.07) is 11.3. The van der Waals surface area contributed by atoms with E-state index in [4.69, 9.17) is 4.74 Å². The third kappa shape index (κ3) is 3.26. The molecule has 0 aliphatic carbocycles. The van der Waals surface area contributed by atoms with Crippen molar-refractivity contribution in [2.75, 3.05) is 30.4 Å². The van der Waals surface area contributed by atoms with Crippen LogP contribution in [-0.2, 0) is 4.74 Å². The monoisotopic (exact) mass is 297 g/mol. The van der Waals surface area contributed by atoms with Crippen molar-refractivity contribution < 1.29 is 9.53 Å². The highest BCUT2D eigenvalue weighted by Crippen LogP contribution is 2.22. The summed E-state index contributed by atoms with van der Waals surface area (Å²) in [6.45, 7) is 1.89. The lowest BCUT2D eigenvalue weighted by Gasteiger charge is -2.18. The van der Waals surface area contributed by atoms with Crippen molar-refractivity contribution in [2.45, 2.75) is 12.5 Å². The molecular formula is C17H19N3O2. The third-order valence-corrected chi connectivity index (χ3v) is 3.89. The van der Waals surface area contributed by atoms with Crippen LogP contribution in [0, 0.1) is 0 Å². The number of pyridine rings is 1. The van der Waals surface area contributed by atoms with Crippen LogP contribution in [-0.4, -0.2) is 37.2 Å². The second-order valence-electron chi connectivity index (χ2n) is 5.34. The first-order valence-electron chi connectivity index (χ1n) is 7.35. The van der Waals surface area contributed by atoms with Crippen molar-refractivity contribution in [3.63, 3.8) is 0 Å². The van der Waals surface area contributed by atoms with Crippen LogP contribution in [0.4, 0.5) is 11.4 Å². The first kappa shape index (κ1) is 14.5. The number of ether oxygens (including phenoxy) is 1. The molecule has 1 aromatic carbocycles. The van der Waals surface area contributed by atoms with Gasteiger partial charge in [0.1, 0.15) is 0 Å². The van der Waals surface area contributed by atoms with Crippen LogP contribution in [0.25, 0.3) is 0 Å². The number of aromatic nitrogens is 1. The highest BCUT2D eigenvalue weighted by atomic mass is 16.5. The molecule has 1 N–H and O–H groups in total. The third-order valence-electron chi connectivity index (χ3n) is 3.89. The van der Waals surface area contributed by atoms with E-state index in [1.165, 1.54) is 0 Å². The number of amides is 1. The van der Waals surface area contributed by atoms with Gasteiger partial charge in [0, 0.05) is 37.6 Å². The number of hydrogen-bond acceptors (Lipinski definition) is 4. The lowest BCUT2D eigenvalue weighted by Crippen LogP contribution is -2.22. The second kappa shape index (κ2) is 6.58. The number of nitrogens with one attached hydrogen (secondary N) is 1. The van der Waals surface area contributed by atoms with Crippen molar-refractivity contribution in [2.24, 2.45) is 0 Å². The van der Waals surface area contributed by atoms with E-state index in [9.17, 15) is 4.79 Å². The van der Waals surface area contributed by atoms with Crippen LogP contribution >= 0.6 is 0 Å². The average Bonchev–Trinajstić information content (AvgIpc) is 3.05. The number of benzene rings is 1. The summed E-state index contributed by atoms with van der Waals surface area (Å²) in [5.41, 5.74) is 2.45. The summed E-state index contributed by atoms with van der Waals surface area (Å²) < 4.78 is 5.38. The Labute approximate surface area is 129 Å². The van der Waals surface area contributed by atoms with Crippen LogP contribution < -0.4 is 10.2 Å². The minimum absolute atomic E-state index is 0.129. The van der Waals surface area contributed by atoms with Gasteiger partial charge in [-0.25, -0.2) is 0 Å². The molecule has 0 saturated carbocycles. The molecule has 2 aromatic rings. The van der Waals surface area contributed by atoms with Crippen LogP contribution in [0.1, 0.15) is 16.8 Å². The van der Waals surface area contributed by atoms with E-state index in [2.05, 4.69) is 15.2 Å². The normalized spacial score (nSPS) is 17.5. The van der Waals surface area contributed by atoms with E-state index >= 15 is 0 Å². The first-order valence-corrected chi connectivity index (χ1v) is 7.35. The van der Waals surface area contributed by atoms with Crippen molar-refractivity contribution in [3.05, 3.63) is 54.4 Å². The molecule has 0 bridgehead atoms. The van der Waals surface area contributed by atoms with Gasteiger partial charge < -0.3 is 15.0 Å². The van der Waals surface area contributed by atoms with Gasteiger partial charge in [0.2, 0.25) is 0 Å². The van der Waals surface area contributed by atoms with Gasteiger partial charge in [-0.2, -0.15) is 0 Å². The van der Waals surface area contributed by atoms with Gasteiger partial charge in [-0.1, -0.05) is 0 Å². The van der Waals surface area contributed by atoms with Gasteiger partial charge in [-0.3, -0.25) is 9.78 Å². The van der Waals surface area contributed by atoms with Crippen LogP contribution in [0.15, 0.2) is 48.8 Å². The maximum Gasteiger partial charge on any atom is 0.255 e. The number of carbonyl (C=O) groups excluding carboxylic acids is 1. The van der Waals surface area contributed by atoms with E-state index in [0.29, 0.717) is 17.4 Å². The zero-order valence-corrected chi connectivity index (χ0v) is 12.5. The Morgan fingerprint density at radius 2 is 2.14 bits per heavy atom. The number of rotatable bonds is 4. The first-order chi connectivity index (χ1) is 10.8. The van der Waals surface area contributed by atoms with Crippen LogP contribution in [0.3, 0.4) is 0 Å². The van der Waals surface area contributed by atoms with E-state index in [1.54, 1.807) is 25.6 Å². The Balaban J connectivity index is 1.65. The largest absolute Gasteiger partial charge is 0.380 e. The molecule has 0 radical (unpaired) electrons. The topological polar surface area (TPSA) is 54.5 Å². The number of carbonyl (C=O) groups is 1. The summed E-state index contributed by atoms with van der Waals surface area (Å²) in [5.74, 6) is -0.129. The quantitative estimate of drug-likeness (QED) is 0.942. The minimum atomic E-state index is -0.129. The fourth-order valence-electron chi connectivity index (χ4n) is 2.62. The molecule has 2 heterocycles. The smallest absolute Gasteiger partial charge is 0.255 e. The molecule has 0 spiro atoms. The number of nitrogens with zero attached hydrogens (tertiary/aromatic N) is 2. The molecule has 1 aliphatic heterocycles. The number of hydrogen-bond donors (Lipinski definition) is 1. The Bertz CT molecular complexity index is 628. The van der Waals surface area contributed by atoms with Gasteiger partial charge in [-0.05, 0) is 42.8 Å². The lowest BCUT2D eigenvalue weighted by molar-refractivity contribution is 0.102. The van der Waals surface area contributed by atoms with E-state index in [-0.39, 0.29) is 5.91 Å². The standard InChI is InChI=1S/C17H19N3O2/c1-22-16-8-10-20(12-16)15-6-4-13(5-7-15)17(21)19-14-3-2-9-18-11-14/h2-7,9,11,16H,8,10,12H2,1H3,(H,19,21)/t16-/m1/s1. The zero-order valence-electron chi connectivity index (χ0n) is 12.5. The minimum Gasteiger partial charge on any atom is -0.380 e. The molecule has 0 unspecified atom stereocenters. The second-order valence-corrected chi connectivity index (χ2v) is 5.34. The van der Waals surface area contributed by atoms with Gasteiger partial charge >= 0.3 is 0 Å². The van der Waals surface area contributed by atoms with Crippen LogP contribution in [0.5, 0.6) is 0 Å². The summed E-state index contributed by atoms with van der Waals surface area (Å²) in [4.78, 5) is 18.4. The molecule has 1 amide bonds. The number of anilines is 2. The van der Waals surface area contributed by atoms with Crippen molar-refractivity contribution in [3.8, 4) is 0 Å². The van der Waals surface area contributed by atoms with Crippen molar-refractivity contribution >= 4 is 17.3 Å². The van der Waals surface area contributed by atoms with E-state index < -0.39 is 0 Å². The molecule has 1 atom stereocenters. The Hall–Kier alpha value is -2.40. The molecule has 114 valence electrons. The average molecular weight is 297 g/mol. The van der Waals surface area contributed by atoms with Gasteiger partial charge in [0.15, 0.2) is 0 Å². The predicted octanol–water partition coefficient (Wildman–Crippen LogP) is 2.56. The molecule has 1 saturated heterocycles.